The first-order valence-corrected chi connectivity index (χ1v) is 10.4. The van der Waals surface area contributed by atoms with Crippen molar-refractivity contribution in [1.29, 1.82) is 5.26 Å². The van der Waals surface area contributed by atoms with Crippen LogP contribution in [0.1, 0.15) is 35.8 Å². The Kier molecular flexibility index (Phi) is 4.97. The molecule has 140 valence electrons. The molecule has 1 aliphatic heterocycles. The minimum atomic E-state index is -0.464. The summed E-state index contributed by atoms with van der Waals surface area (Å²) in [4.78, 5) is 14.3. The summed E-state index contributed by atoms with van der Waals surface area (Å²) < 4.78 is 5.80. The number of ether oxygens (including phenoxy) is 1. The molecule has 2 N–H and O–H groups in total. The molecule has 0 bridgehead atoms. The van der Waals surface area contributed by atoms with Gasteiger partial charge in [0.1, 0.15) is 17.4 Å². The zero-order valence-corrected chi connectivity index (χ0v) is 16.3. The molecule has 5 heteroatoms. The van der Waals surface area contributed by atoms with Gasteiger partial charge >= 0.3 is 0 Å². The van der Waals surface area contributed by atoms with E-state index in [9.17, 15) is 10.1 Å². The highest BCUT2D eigenvalue weighted by Gasteiger charge is 2.40. The van der Waals surface area contributed by atoms with Crippen LogP contribution in [0.5, 0.6) is 0 Å². The number of ketones is 1. The van der Waals surface area contributed by atoms with Gasteiger partial charge in [-0.2, -0.15) is 5.26 Å². The van der Waals surface area contributed by atoms with Gasteiger partial charge in [-0.3, -0.25) is 4.79 Å². The smallest absolute Gasteiger partial charge is 0.205 e. The molecule has 0 spiro atoms. The van der Waals surface area contributed by atoms with E-state index in [0.717, 1.165) is 16.0 Å². The molecule has 0 saturated carbocycles. The number of Topliss-reactive ketones (excluding diaryl/α,β-unsaturated/α-hetero) is 1. The fourth-order valence-corrected chi connectivity index (χ4v) is 4.41. The van der Waals surface area contributed by atoms with Gasteiger partial charge in [-0.15, -0.1) is 11.8 Å². The highest BCUT2D eigenvalue weighted by Crippen LogP contribution is 2.46. The third-order valence-electron chi connectivity index (χ3n) is 5.38. The van der Waals surface area contributed by atoms with Gasteiger partial charge in [-0.05, 0) is 35.4 Å². The van der Waals surface area contributed by atoms with E-state index in [1.54, 1.807) is 11.8 Å². The maximum Gasteiger partial charge on any atom is 0.205 e. The molecule has 4 rings (SSSR count). The minimum Gasteiger partial charge on any atom is -0.444 e. The quantitative estimate of drug-likeness (QED) is 0.777. The second-order valence-corrected chi connectivity index (χ2v) is 7.85. The summed E-state index contributed by atoms with van der Waals surface area (Å²) in [6.07, 6.45) is 3.02. The molecule has 0 radical (unpaired) electrons. The van der Waals surface area contributed by atoms with Gasteiger partial charge in [-0.1, -0.05) is 42.5 Å². The van der Waals surface area contributed by atoms with E-state index in [4.69, 9.17) is 10.5 Å². The second-order valence-electron chi connectivity index (χ2n) is 6.97. The Labute approximate surface area is 168 Å². The van der Waals surface area contributed by atoms with E-state index in [1.165, 1.54) is 0 Å². The van der Waals surface area contributed by atoms with E-state index in [2.05, 4.69) is 6.07 Å². The number of nitriles is 1. The summed E-state index contributed by atoms with van der Waals surface area (Å²) in [5.74, 6) is 0.314. The van der Waals surface area contributed by atoms with Crippen LogP contribution >= 0.6 is 11.8 Å². The fourth-order valence-electron chi connectivity index (χ4n) is 4.00. The van der Waals surface area contributed by atoms with Gasteiger partial charge in [0.25, 0.3) is 0 Å². The normalized spacial score (nSPS) is 21.8. The molecule has 1 aliphatic carbocycles. The van der Waals surface area contributed by atoms with Crippen LogP contribution in [0.4, 0.5) is 0 Å². The maximum absolute atomic E-state index is 13.2. The molecule has 0 fully saturated rings. The predicted octanol–water partition coefficient (Wildman–Crippen LogP) is 4.62. The van der Waals surface area contributed by atoms with E-state index >= 15 is 0 Å². The summed E-state index contributed by atoms with van der Waals surface area (Å²) >= 11 is 1.65. The number of hydrogen-bond donors (Lipinski definition) is 1. The Morgan fingerprint density at radius 3 is 2.43 bits per heavy atom. The number of benzene rings is 2. The molecule has 2 aliphatic rings. The number of nitrogens with zero attached hydrogens (tertiary/aromatic N) is 1. The second kappa shape index (κ2) is 7.57. The van der Waals surface area contributed by atoms with Gasteiger partial charge in [-0.25, -0.2) is 0 Å². The van der Waals surface area contributed by atoms with Gasteiger partial charge < -0.3 is 10.5 Å². The number of rotatable bonds is 3. The van der Waals surface area contributed by atoms with Crippen LogP contribution in [0.15, 0.2) is 82.3 Å². The Morgan fingerprint density at radius 1 is 1.07 bits per heavy atom. The summed E-state index contributed by atoms with van der Waals surface area (Å²) in [5, 5.41) is 9.69. The minimum absolute atomic E-state index is 0.0225. The van der Waals surface area contributed by atoms with Crippen molar-refractivity contribution in [3.8, 4) is 6.07 Å². The lowest BCUT2D eigenvalue weighted by molar-refractivity contribution is -0.117. The largest absolute Gasteiger partial charge is 0.444 e. The van der Waals surface area contributed by atoms with Gasteiger partial charge in [0, 0.05) is 23.3 Å². The molecule has 0 unspecified atom stereocenters. The maximum atomic E-state index is 13.2. The van der Waals surface area contributed by atoms with E-state index < -0.39 is 5.92 Å². The van der Waals surface area contributed by atoms with Gasteiger partial charge in [0.15, 0.2) is 5.78 Å². The number of nitrogens with two attached hydrogens (primary N) is 1. The lowest BCUT2D eigenvalue weighted by Gasteiger charge is -2.34. The SMILES string of the molecule is CSc1ccc([C@H]2C(C#N)=C(N)OC3=C2C(=O)C[C@@H](c2ccccc2)C3)cc1. The van der Waals surface area contributed by atoms with Crippen LogP contribution in [-0.4, -0.2) is 12.0 Å². The van der Waals surface area contributed by atoms with E-state index in [0.29, 0.717) is 29.7 Å². The Balaban J connectivity index is 1.77. The van der Waals surface area contributed by atoms with Crippen molar-refractivity contribution in [3.63, 3.8) is 0 Å². The third kappa shape index (κ3) is 3.21. The lowest BCUT2D eigenvalue weighted by Crippen LogP contribution is -2.29. The van der Waals surface area contributed by atoms with Crippen molar-refractivity contribution in [2.45, 2.75) is 29.6 Å². The van der Waals surface area contributed by atoms with Crippen molar-refractivity contribution in [2.24, 2.45) is 5.73 Å². The topological polar surface area (TPSA) is 76.1 Å². The Bertz CT molecular complexity index is 1020. The summed E-state index contributed by atoms with van der Waals surface area (Å²) in [5.41, 5.74) is 8.98. The number of carbonyl (C=O) groups is 1. The van der Waals surface area contributed by atoms with Crippen LogP contribution in [0.2, 0.25) is 0 Å². The molecule has 28 heavy (non-hydrogen) atoms. The number of hydrogen-bond acceptors (Lipinski definition) is 5. The first-order valence-electron chi connectivity index (χ1n) is 9.15. The van der Waals surface area contributed by atoms with Gasteiger partial charge in [0.05, 0.1) is 5.92 Å². The standard InChI is InChI=1S/C23H20N2O2S/c1-28-17-9-7-15(8-10-17)21-18(13-24)23(25)27-20-12-16(11-19(26)22(20)21)14-5-3-2-4-6-14/h2-10,16,21H,11-12,25H2,1H3/t16-,21+/m1/s1. The molecule has 2 aromatic carbocycles. The zero-order valence-electron chi connectivity index (χ0n) is 15.5. The van der Waals surface area contributed by atoms with Crippen molar-refractivity contribution in [2.75, 3.05) is 6.26 Å². The highest BCUT2D eigenvalue weighted by atomic mass is 32.2. The van der Waals surface area contributed by atoms with E-state index in [-0.39, 0.29) is 17.6 Å². The van der Waals surface area contributed by atoms with Crippen LogP contribution in [0, 0.1) is 11.3 Å². The molecule has 1 heterocycles. The van der Waals surface area contributed by atoms with Crippen molar-refractivity contribution >= 4 is 17.5 Å². The molecule has 4 nitrogen and oxygen atoms in total. The van der Waals surface area contributed by atoms with Crippen molar-refractivity contribution in [3.05, 3.63) is 88.5 Å². The molecule has 2 atom stereocenters. The summed E-state index contributed by atoms with van der Waals surface area (Å²) in [7, 11) is 0. The van der Waals surface area contributed by atoms with Crippen LogP contribution in [0.25, 0.3) is 0 Å². The highest BCUT2D eigenvalue weighted by molar-refractivity contribution is 7.98. The summed E-state index contributed by atoms with van der Waals surface area (Å²) in [6.45, 7) is 0. The fraction of sp³-hybridized carbons (Fsp3) is 0.217. The first-order chi connectivity index (χ1) is 13.6. The first kappa shape index (κ1) is 18.4. The molecule has 0 aromatic heterocycles. The van der Waals surface area contributed by atoms with Crippen LogP contribution < -0.4 is 5.73 Å². The Morgan fingerprint density at radius 2 is 1.79 bits per heavy atom. The van der Waals surface area contributed by atoms with Crippen LogP contribution in [-0.2, 0) is 9.53 Å². The molecule has 0 saturated heterocycles. The number of allylic oxidation sites excluding steroid dienone is 3. The molecular formula is C23H20N2O2S. The molecule has 2 aromatic rings. The van der Waals surface area contributed by atoms with Crippen LogP contribution in [0.3, 0.4) is 0 Å². The molecular weight excluding hydrogens is 368 g/mol. The molecule has 0 amide bonds. The third-order valence-corrected chi connectivity index (χ3v) is 6.12. The van der Waals surface area contributed by atoms with E-state index in [1.807, 2.05) is 60.9 Å². The predicted molar refractivity (Wildman–Crippen MR) is 109 cm³/mol. The summed E-state index contributed by atoms with van der Waals surface area (Å²) in [6, 6.07) is 20.1. The van der Waals surface area contributed by atoms with Gasteiger partial charge in [0.2, 0.25) is 5.88 Å². The van der Waals surface area contributed by atoms with Crippen molar-refractivity contribution in [1.82, 2.24) is 0 Å². The number of carbonyl (C=O) groups excluding carboxylic acids is 1. The Hall–Kier alpha value is -2.97. The number of thioether (sulfide) groups is 1. The lowest BCUT2D eigenvalue weighted by atomic mass is 9.73. The van der Waals surface area contributed by atoms with Crippen molar-refractivity contribution < 1.29 is 9.53 Å². The average molecular weight is 388 g/mol. The average Bonchev–Trinajstić information content (AvgIpc) is 2.73. The monoisotopic (exact) mass is 388 g/mol. The zero-order chi connectivity index (χ0) is 19.7.